The fraction of sp³-hybridized carbons (Fsp3) is 0.429. The number of ether oxygens (including phenoxy) is 1. The van der Waals surface area contributed by atoms with Gasteiger partial charge in [0.15, 0.2) is 5.78 Å². The standard InChI is InChI=1S/C28H31F2N3O2/c1-18-2-3-19(13-25(18)29)24(28(30)8-9-31-17-28)15-26(34)20-4-5-21-16-32-27(14-22(21)12-20)33-23-6-10-35-11-7-23/h2-5,12-14,16,23-24,31H,6-11,15,17H2,1H3,(H,32,33)/t24-,28-/m1/s1. The number of nitrogens with one attached hydrogen (secondary N) is 2. The monoisotopic (exact) mass is 479 g/mol. The number of ketones is 1. The number of hydrogen-bond donors (Lipinski definition) is 2. The molecular formula is C28H31F2N3O2. The van der Waals surface area contributed by atoms with Crippen LogP contribution in [0.3, 0.4) is 0 Å². The van der Waals surface area contributed by atoms with Crippen LogP contribution in [0.2, 0.25) is 0 Å². The van der Waals surface area contributed by atoms with Crippen LogP contribution >= 0.6 is 0 Å². The number of aromatic nitrogens is 1. The van der Waals surface area contributed by atoms with Crippen molar-refractivity contribution in [3.8, 4) is 0 Å². The SMILES string of the molecule is Cc1ccc([C@@H](CC(=O)c2ccc3cnc(NC4CCOCC4)cc3c2)[C@@]2(F)CCNC2)cc1F. The third-order valence-electron chi connectivity index (χ3n) is 7.37. The number of pyridine rings is 1. The van der Waals surface area contributed by atoms with Gasteiger partial charge in [-0.2, -0.15) is 0 Å². The molecule has 5 rings (SSSR count). The van der Waals surface area contributed by atoms with Gasteiger partial charge < -0.3 is 15.4 Å². The number of rotatable bonds is 7. The third kappa shape index (κ3) is 5.21. The molecule has 0 spiro atoms. The predicted octanol–water partition coefficient (Wildman–Crippen LogP) is 5.33. The minimum Gasteiger partial charge on any atom is -0.381 e. The molecule has 2 fully saturated rings. The van der Waals surface area contributed by atoms with Gasteiger partial charge >= 0.3 is 0 Å². The van der Waals surface area contributed by atoms with Crippen molar-refractivity contribution < 1.29 is 18.3 Å². The van der Waals surface area contributed by atoms with Crippen LogP contribution in [0, 0.1) is 12.7 Å². The molecule has 2 aliphatic rings. The molecule has 3 heterocycles. The highest BCUT2D eigenvalue weighted by molar-refractivity contribution is 6.00. The van der Waals surface area contributed by atoms with Crippen molar-refractivity contribution in [1.82, 2.24) is 10.3 Å². The first-order chi connectivity index (χ1) is 16.9. The number of Topliss-reactive ketones (excluding diaryl/α,β-unsaturated/α-hetero) is 1. The van der Waals surface area contributed by atoms with Crippen LogP contribution in [0.5, 0.6) is 0 Å². The fourth-order valence-electron chi connectivity index (χ4n) is 5.15. The largest absolute Gasteiger partial charge is 0.381 e. The number of alkyl halides is 1. The second-order valence-corrected chi connectivity index (χ2v) is 9.81. The number of benzene rings is 2. The van der Waals surface area contributed by atoms with Crippen LogP contribution in [-0.4, -0.2) is 48.8 Å². The molecule has 2 N–H and O–H groups in total. The Kier molecular flexibility index (Phi) is 6.80. The number of carbonyl (C=O) groups is 1. The van der Waals surface area contributed by atoms with Crippen LogP contribution in [0.4, 0.5) is 14.6 Å². The Hall–Kier alpha value is -2.90. The zero-order valence-corrected chi connectivity index (χ0v) is 19.9. The molecule has 7 heteroatoms. The number of hydrogen-bond acceptors (Lipinski definition) is 5. The lowest BCUT2D eigenvalue weighted by Gasteiger charge is -2.30. The molecule has 0 aliphatic carbocycles. The van der Waals surface area contributed by atoms with Crippen LogP contribution < -0.4 is 10.6 Å². The van der Waals surface area contributed by atoms with E-state index in [1.807, 2.05) is 18.2 Å². The second kappa shape index (κ2) is 9.99. The van der Waals surface area contributed by atoms with Crippen molar-refractivity contribution in [3.05, 3.63) is 71.2 Å². The summed E-state index contributed by atoms with van der Waals surface area (Å²) in [7, 11) is 0. The maximum absolute atomic E-state index is 15.9. The summed E-state index contributed by atoms with van der Waals surface area (Å²) >= 11 is 0. The van der Waals surface area contributed by atoms with Crippen molar-refractivity contribution in [3.63, 3.8) is 0 Å². The summed E-state index contributed by atoms with van der Waals surface area (Å²) in [6.45, 7) is 3.85. The quantitative estimate of drug-likeness (QED) is 0.449. The first-order valence-corrected chi connectivity index (χ1v) is 12.3. The molecule has 0 amide bonds. The van der Waals surface area contributed by atoms with Gasteiger partial charge in [0.05, 0.1) is 0 Å². The minimum atomic E-state index is -1.60. The van der Waals surface area contributed by atoms with E-state index in [9.17, 15) is 9.18 Å². The van der Waals surface area contributed by atoms with Gasteiger partial charge in [0, 0.05) is 55.3 Å². The van der Waals surface area contributed by atoms with Crippen molar-refractivity contribution in [2.24, 2.45) is 0 Å². The molecular weight excluding hydrogens is 448 g/mol. The molecule has 0 unspecified atom stereocenters. The molecule has 1 aromatic heterocycles. The Balaban J connectivity index is 1.40. The lowest BCUT2D eigenvalue weighted by molar-refractivity contribution is 0.0891. The highest BCUT2D eigenvalue weighted by Crippen LogP contribution is 2.40. The van der Waals surface area contributed by atoms with Crippen LogP contribution in [-0.2, 0) is 4.74 Å². The predicted molar refractivity (Wildman–Crippen MR) is 133 cm³/mol. The van der Waals surface area contributed by atoms with Crippen molar-refractivity contribution in [1.29, 1.82) is 0 Å². The Bertz CT molecular complexity index is 1220. The normalized spacial score (nSPS) is 21.8. The zero-order valence-electron chi connectivity index (χ0n) is 19.9. The lowest BCUT2D eigenvalue weighted by Crippen LogP contribution is -2.35. The fourth-order valence-corrected chi connectivity index (χ4v) is 5.15. The van der Waals surface area contributed by atoms with Gasteiger partial charge in [-0.1, -0.05) is 24.3 Å². The summed E-state index contributed by atoms with van der Waals surface area (Å²) in [5.41, 5.74) is -0.0446. The van der Waals surface area contributed by atoms with Gasteiger partial charge in [0.1, 0.15) is 17.3 Å². The van der Waals surface area contributed by atoms with Crippen LogP contribution in [0.15, 0.2) is 48.7 Å². The minimum absolute atomic E-state index is 0.0234. The van der Waals surface area contributed by atoms with E-state index in [0.717, 1.165) is 42.6 Å². The molecule has 3 aromatic rings. The summed E-state index contributed by atoms with van der Waals surface area (Å²) in [6.07, 6.45) is 3.93. The second-order valence-electron chi connectivity index (χ2n) is 9.81. The summed E-state index contributed by atoms with van der Waals surface area (Å²) in [4.78, 5) is 17.9. The molecule has 0 bridgehead atoms. The van der Waals surface area contributed by atoms with Crippen molar-refractivity contribution in [2.75, 3.05) is 31.6 Å². The molecule has 2 saturated heterocycles. The van der Waals surface area contributed by atoms with Gasteiger partial charge in [0.2, 0.25) is 0 Å². The first-order valence-electron chi connectivity index (χ1n) is 12.3. The Morgan fingerprint density at radius 2 is 2.03 bits per heavy atom. The van der Waals surface area contributed by atoms with Crippen LogP contribution in [0.25, 0.3) is 10.8 Å². The van der Waals surface area contributed by atoms with Gasteiger partial charge in [-0.25, -0.2) is 13.8 Å². The molecule has 2 aromatic carbocycles. The van der Waals surface area contributed by atoms with E-state index in [1.54, 1.807) is 31.3 Å². The highest BCUT2D eigenvalue weighted by Gasteiger charge is 2.43. The summed E-state index contributed by atoms with van der Waals surface area (Å²) in [5.74, 6) is -0.490. The molecule has 2 aliphatic heterocycles. The van der Waals surface area contributed by atoms with Crippen LogP contribution in [0.1, 0.15) is 53.1 Å². The molecule has 184 valence electrons. The van der Waals surface area contributed by atoms with E-state index in [4.69, 9.17) is 4.74 Å². The lowest BCUT2D eigenvalue weighted by atomic mass is 9.78. The topological polar surface area (TPSA) is 63.2 Å². The van der Waals surface area contributed by atoms with Crippen molar-refractivity contribution >= 4 is 22.4 Å². The van der Waals surface area contributed by atoms with E-state index >= 15 is 4.39 Å². The maximum Gasteiger partial charge on any atom is 0.163 e. The smallest absolute Gasteiger partial charge is 0.163 e. The van der Waals surface area contributed by atoms with Gasteiger partial charge in [-0.15, -0.1) is 0 Å². The molecule has 0 saturated carbocycles. The third-order valence-corrected chi connectivity index (χ3v) is 7.37. The van der Waals surface area contributed by atoms with E-state index in [2.05, 4.69) is 15.6 Å². The number of carbonyl (C=O) groups excluding carboxylic acids is 1. The van der Waals surface area contributed by atoms with E-state index < -0.39 is 11.6 Å². The number of aryl methyl sites for hydroxylation is 1. The van der Waals surface area contributed by atoms with E-state index in [-0.39, 0.29) is 24.6 Å². The maximum atomic E-state index is 15.9. The first kappa shape index (κ1) is 23.8. The number of halogens is 2. The van der Waals surface area contributed by atoms with Gasteiger partial charge in [0.25, 0.3) is 0 Å². The van der Waals surface area contributed by atoms with Gasteiger partial charge in [-0.3, -0.25) is 4.79 Å². The molecule has 0 radical (unpaired) electrons. The molecule has 35 heavy (non-hydrogen) atoms. The molecule has 5 nitrogen and oxygen atoms in total. The summed E-state index contributed by atoms with van der Waals surface area (Å²) in [6, 6.07) is 12.5. The number of fused-ring (bicyclic) bond motifs is 1. The van der Waals surface area contributed by atoms with Gasteiger partial charge in [-0.05, 0) is 67.4 Å². The average molecular weight is 480 g/mol. The molecule has 2 atom stereocenters. The highest BCUT2D eigenvalue weighted by atomic mass is 19.1. The van der Waals surface area contributed by atoms with Crippen molar-refractivity contribution in [2.45, 2.75) is 50.2 Å². The zero-order chi connectivity index (χ0) is 24.4. The summed E-state index contributed by atoms with van der Waals surface area (Å²) < 4.78 is 35.7. The number of anilines is 1. The summed E-state index contributed by atoms with van der Waals surface area (Å²) in [5, 5.41) is 8.35. The Morgan fingerprint density at radius 1 is 1.20 bits per heavy atom. The Morgan fingerprint density at radius 3 is 2.77 bits per heavy atom. The number of nitrogens with zero attached hydrogens (tertiary/aromatic N) is 1. The van der Waals surface area contributed by atoms with E-state index in [0.29, 0.717) is 35.7 Å². The average Bonchev–Trinajstić information content (AvgIpc) is 3.31. The van der Waals surface area contributed by atoms with E-state index in [1.165, 1.54) is 6.07 Å². The Labute approximate surface area is 204 Å².